The molecule has 1 aromatic carbocycles. The van der Waals surface area contributed by atoms with Gasteiger partial charge in [0.05, 0.1) is 23.2 Å². The van der Waals surface area contributed by atoms with Gasteiger partial charge in [-0.05, 0) is 18.2 Å². The number of hydrogen-bond donors (Lipinski definition) is 1. The van der Waals surface area contributed by atoms with E-state index >= 15 is 0 Å². The molecule has 1 heterocycles. The van der Waals surface area contributed by atoms with E-state index in [4.69, 9.17) is 11.6 Å². The lowest BCUT2D eigenvalue weighted by atomic mass is 10.1. The lowest BCUT2D eigenvalue weighted by molar-refractivity contribution is -0.0497. The van der Waals surface area contributed by atoms with Crippen LogP contribution in [0.4, 0.5) is 8.78 Å². The highest BCUT2D eigenvalue weighted by Crippen LogP contribution is 2.30. The maximum Gasteiger partial charge on any atom is 0.387 e. The zero-order chi connectivity index (χ0) is 11.5. The summed E-state index contributed by atoms with van der Waals surface area (Å²) in [6, 6.07) is 4.55. The summed E-state index contributed by atoms with van der Waals surface area (Å²) in [7, 11) is 0. The number of halogens is 3. The minimum atomic E-state index is -2.88. The van der Waals surface area contributed by atoms with Gasteiger partial charge >= 0.3 is 6.61 Å². The van der Waals surface area contributed by atoms with Crippen LogP contribution in [0, 0.1) is 0 Å². The van der Waals surface area contributed by atoms with Gasteiger partial charge in [0, 0.05) is 5.56 Å². The van der Waals surface area contributed by atoms with Crippen LogP contribution in [0.3, 0.4) is 0 Å². The van der Waals surface area contributed by atoms with Crippen LogP contribution in [0.15, 0.2) is 30.7 Å². The fourth-order valence-corrected chi connectivity index (χ4v) is 1.50. The average Bonchev–Trinajstić information content (AvgIpc) is 2.73. The van der Waals surface area contributed by atoms with Gasteiger partial charge in [-0.2, -0.15) is 8.78 Å². The molecule has 0 radical (unpaired) electrons. The van der Waals surface area contributed by atoms with Gasteiger partial charge in [0.2, 0.25) is 0 Å². The molecule has 2 rings (SSSR count). The highest BCUT2D eigenvalue weighted by molar-refractivity contribution is 6.32. The van der Waals surface area contributed by atoms with E-state index in [-0.39, 0.29) is 10.8 Å². The van der Waals surface area contributed by atoms with E-state index in [2.05, 4.69) is 14.7 Å². The SMILES string of the molecule is FC(F)Oc1ccc(-c2cnc[nH]2)cc1Cl. The van der Waals surface area contributed by atoms with E-state index in [0.29, 0.717) is 0 Å². The summed E-state index contributed by atoms with van der Waals surface area (Å²) >= 11 is 5.80. The molecule has 1 aromatic heterocycles. The van der Waals surface area contributed by atoms with E-state index in [9.17, 15) is 8.78 Å². The first-order chi connectivity index (χ1) is 7.66. The second-order valence-corrected chi connectivity index (χ2v) is 3.40. The molecule has 0 amide bonds. The number of alkyl halides is 2. The summed E-state index contributed by atoms with van der Waals surface area (Å²) in [6.45, 7) is -2.88. The highest BCUT2D eigenvalue weighted by atomic mass is 35.5. The summed E-state index contributed by atoms with van der Waals surface area (Å²) in [5.41, 5.74) is 1.51. The number of ether oxygens (including phenoxy) is 1. The predicted molar refractivity (Wildman–Crippen MR) is 55.7 cm³/mol. The molecule has 2 aromatic rings. The Labute approximate surface area is 95.0 Å². The minimum absolute atomic E-state index is 0.0417. The molecule has 0 spiro atoms. The third-order valence-electron chi connectivity index (χ3n) is 1.96. The summed E-state index contributed by atoms with van der Waals surface area (Å²) < 4.78 is 28.2. The Morgan fingerprint density at radius 3 is 2.75 bits per heavy atom. The summed E-state index contributed by atoms with van der Waals surface area (Å²) in [5.74, 6) is -0.0417. The van der Waals surface area contributed by atoms with Crippen molar-refractivity contribution in [3.05, 3.63) is 35.7 Å². The molecule has 0 saturated heterocycles. The Bertz CT molecular complexity index is 474. The third-order valence-corrected chi connectivity index (χ3v) is 2.25. The third kappa shape index (κ3) is 2.30. The Hall–Kier alpha value is -1.62. The Morgan fingerprint density at radius 1 is 1.38 bits per heavy atom. The monoisotopic (exact) mass is 244 g/mol. The number of imidazole rings is 1. The molecule has 0 unspecified atom stereocenters. The smallest absolute Gasteiger partial charge is 0.387 e. The fourth-order valence-electron chi connectivity index (χ4n) is 1.27. The largest absolute Gasteiger partial charge is 0.433 e. The van der Waals surface area contributed by atoms with E-state index in [1.165, 1.54) is 18.5 Å². The summed E-state index contributed by atoms with van der Waals surface area (Å²) in [4.78, 5) is 6.73. The molecule has 0 aliphatic carbocycles. The van der Waals surface area contributed by atoms with Crippen LogP contribution in [-0.4, -0.2) is 16.6 Å². The second-order valence-electron chi connectivity index (χ2n) is 2.99. The molecule has 3 nitrogen and oxygen atoms in total. The summed E-state index contributed by atoms with van der Waals surface area (Å²) in [6.07, 6.45) is 3.13. The van der Waals surface area contributed by atoms with Crippen molar-refractivity contribution in [3.63, 3.8) is 0 Å². The number of hydrogen-bond acceptors (Lipinski definition) is 2. The molecule has 84 valence electrons. The Morgan fingerprint density at radius 2 is 2.19 bits per heavy atom. The zero-order valence-electron chi connectivity index (χ0n) is 7.95. The lowest BCUT2D eigenvalue weighted by Crippen LogP contribution is -2.02. The Kier molecular flexibility index (Phi) is 3.05. The van der Waals surface area contributed by atoms with Crippen molar-refractivity contribution in [2.24, 2.45) is 0 Å². The number of rotatable bonds is 3. The van der Waals surface area contributed by atoms with Crippen molar-refractivity contribution >= 4 is 11.6 Å². The van der Waals surface area contributed by atoms with E-state index in [1.54, 1.807) is 12.3 Å². The number of nitrogens with one attached hydrogen (secondary N) is 1. The molecular weight excluding hydrogens is 238 g/mol. The van der Waals surface area contributed by atoms with Crippen LogP contribution in [0.2, 0.25) is 5.02 Å². The van der Waals surface area contributed by atoms with Crippen LogP contribution >= 0.6 is 11.6 Å². The van der Waals surface area contributed by atoms with Crippen LogP contribution < -0.4 is 4.74 Å². The molecule has 0 saturated carbocycles. The molecular formula is C10H7ClF2N2O. The van der Waals surface area contributed by atoms with Gasteiger partial charge in [-0.25, -0.2) is 4.98 Å². The van der Waals surface area contributed by atoms with Gasteiger partial charge in [-0.15, -0.1) is 0 Å². The molecule has 0 bridgehead atoms. The highest BCUT2D eigenvalue weighted by Gasteiger charge is 2.09. The van der Waals surface area contributed by atoms with Gasteiger partial charge < -0.3 is 9.72 Å². The number of aromatic amines is 1. The van der Waals surface area contributed by atoms with Gasteiger partial charge in [-0.1, -0.05) is 11.6 Å². The number of nitrogens with zero attached hydrogens (tertiary/aromatic N) is 1. The van der Waals surface area contributed by atoms with Crippen molar-refractivity contribution < 1.29 is 13.5 Å². The van der Waals surface area contributed by atoms with Crippen LogP contribution in [0.1, 0.15) is 0 Å². The molecule has 0 fully saturated rings. The van der Waals surface area contributed by atoms with Gasteiger partial charge in [-0.3, -0.25) is 0 Å². The van der Waals surface area contributed by atoms with Crippen LogP contribution in [0.25, 0.3) is 11.3 Å². The molecule has 0 aliphatic rings. The maximum absolute atomic E-state index is 12.0. The topological polar surface area (TPSA) is 37.9 Å². The first-order valence-electron chi connectivity index (χ1n) is 4.40. The van der Waals surface area contributed by atoms with Crippen molar-refractivity contribution in [2.75, 3.05) is 0 Å². The van der Waals surface area contributed by atoms with Gasteiger partial charge in [0.1, 0.15) is 5.75 Å². The molecule has 0 atom stereocenters. The number of benzene rings is 1. The second kappa shape index (κ2) is 4.49. The fraction of sp³-hybridized carbons (Fsp3) is 0.100. The van der Waals surface area contributed by atoms with E-state index in [0.717, 1.165) is 11.3 Å². The van der Waals surface area contributed by atoms with Crippen molar-refractivity contribution in [1.82, 2.24) is 9.97 Å². The first kappa shape index (κ1) is 10.9. The van der Waals surface area contributed by atoms with Crippen molar-refractivity contribution in [2.45, 2.75) is 6.61 Å². The van der Waals surface area contributed by atoms with Gasteiger partial charge in [0.15, 0.2) is 0 Å². The van der Waals surface area contributed by atoms with Crippen LogP contribution in [0.5, 0.6) is 5.75 Å². The molecule has 16 heavy (non-hydrogen) atoms. The molecule has 0 aliphatic heterocycles. The molecule has 1 N–H and O–H groups in total. The molecule has 6 heteroatoms. The predicted octanol–water partition coefficient (Wildman–Crippen LogP) is 3.33. The number of aromatic nitrogens is 2. The van der Waals surface area contributed by atoms with Crippen LogP contribution in [-0.2, 0) is 0 Å². The summed E-state index contributed by atoms with van der Waals surface area (Å²) in [5, 5.41) is 0.132. The first-order valence-corrected chi connectivity index (χ1v) is 4.77. The van der Waals surface area contributed by atoms with E-state index < -0.39 is 6.61 Å². The quantitative estimate of drug-likeness (QED) is 0.899. The lowest BCUT2D eigenvalue weighted by Gasteiger charge is -2.07. The maximum atomic E-state index is 12.0. The number of H-pyrrole nitrogens is 1. The zero-order valence-corrected chi connectivity index (χ0v) is 8.71. The minimum Gasteiger partial charge on any atom is -0.433 e. The average molecular weight is 245 g/mol. The standard InChI is InChI=1S/C10H7ClF2N2O/c11-7-3-6(8-4-14-5-15-8)1-2-9(7)16-10(12)13/h1-5,10H,(H,14,15). The van der Waals surface area contributed by atoms with Crippen molar-refractivity contribution in [1.29, 1.82) is 0 Å². The Balaban J connectivity index is 2.29. The van der Waals surface area contributed by atoms with Crippen molar-refractivity contribution in [3.8, 4) is 17.0 Å². The van der Waals surface area contributed by atoms with E-state index in [1.807, 2.05) is 0 Å². The normalized spacial score (nSPS) is 10.8. The van der Waals surface area contributed by atoms with Gasteiger partial charge in [0.25, 0.3) is 0 Å².